The molecule has 0 bridgehead atoms. The highest BCUT2D eigenvalue weighted by Crippen LogP contribution is 2.45. The zero-order valence-corrected chi connectivity index (χ0v) is 23.2. The topological polar surface area (TPSA) is 97.1 Å². The fourth-order valence-electron chi connectivity index (χ4n) is 5.46. The lowest BCUT2D eigenvalue weighted by Crippen LogP contribution is -2.40. The molecule has 1 unspecified atom stereocenters. The molecule has 0 saturated heterocycles. The standard InChI is InChI=1S/C30H19F8N3O5/c1-28(31,32)13-41-24(22-18(26(41)42)12-39-23(22)17-3-2-4-20-25(17)45-27(43)40-20)14-5-7-15(8-6-14)44-16-9-10-21(46-30(36,37)38)19(11-16)29(33,34)35/h2-11,24H,12-13H2,1H3,(H,40,43). The number of aromatic nitrogens is 1. The minimum absolute atomic E-state index is 0.0496. The van der Waals surface area contributed by atoms with E-state index in [1.807, 2.05) is 0 Å². The number of aliphatic imine (C=N–C) groups is 1. The van der Waals surface area contributed by atoms with Gasteiger partial charge in [-0.15, -0.1) is 13.2 Å². The number of aromatic amines is 1. The number of alkyl halides is 8. The minimum Gasteiger partial charge on any atom is -0.457 e. The van der Waals surface area contributed by atoms with E-state index >= 15 is 0 Å². The maximum Gasteiger partial charge on any atom is 0.573 e. The van der Waals surface area contributed by atoms with E-state index in [4.69, 9.17) is 9.15 Å². The summed E-state index contributed by atoms with van der Waals surface area (Å²) in [5.74, 6) is -6.68. The van der Waals surface area contributed by atoms with Crippen LogP contribution >= 0.6 is 0 Å². The van der Waals surface area contributed by atoms with Gasteiger partial charge in [0.1, 0.15) is 22.8 Å². The molecule has 1 aromatic heterocycles. The van der Waals surface area contributed by atoms with Gasteiger partial charge in [-0.25, -0.2) is 13.6 Å². The van der Waals surface area contributed by atoms with Crippen LogP contribution < -0.4 is 15.2 Å². The van der Waals surface area contributed by atoms with Gasteiger partial charge in [0.25, 0.3) is 11.8 Å². The van der Waals surface area contributed by atoms with Crippen LogP contribution in [-0.4, -0.2) is 46.9 Å². The SMILES string of the molecule is CC(F)(F)CN1C(=O)C2=C(C(c3cccc4[nH]c(=O)oc34)=NC2)C1c1ccc(Oc2ccc(OC(F)(F)F)c(C(F)(F)F)c2)cc1. The monoisotopic (exact) mass is 653 g/mol. The Morgan fingerprint density at radius 3 is 2.30 bits per heavy atom. The summed E-state index contributed by atoms with van der Waals surface area (Å²) >= 11 is 0. The first-order valence-corrected chi connectivity index (χ1v) is 13.3. The zero-order valence-electron chi connectivity index (χ0n) is 23.2. The summed E-state index contributed by atoms with van der Waals surface area (Å²) in [6.07, 6.45) is -10.6. The number of para-hydroxylation sites is 1. The Morgan fingerprint density at radius 1 is 0.957 bits per heavy atom. The first kappa shape index (κ1) is 30.9. The third kappa shape index (κ3) is 5.93. The number of H-pyrrole nitrogens is 1. The number of fused-ring (bicyclic) bond motifs is 1. The van der Waals surface area contributed by atoms with Crippen LogP contribution in [0.2, 0.25) is 0 Å². The molecular formula is C30H19F8N3O5. The lowest BCUT2D eigenvalue weighted by atomic mass is 9.91. The molecule has 0 fully saturated rings. The molecule has 0 saturated carbocycles. The largest absolute Gasteiger partial charge is 0.573 e. The number of nitrogens with one attached hydrogen (secondary N) is 1. The average Bonchev–Trinajstić information content (AvgIpc) is 3.61. The summed E-state index contributed by atoms with van der Waals surface area (Å²) in [5, 5.41) is 0. The molecule has 46 heavy (non-hydrogen) atoms. The molecule has 2 aliphatic rings. The fraction of sp³-hybridized carbons (Fsp3) is 0.233. The number of halogens is 8. The first-order valence-electron chi connectivity index (χ1n) is 13.3. The second-order valence-electron chi connectivity index (χ2n) is 10.5. The molecule has 6 rings (SSSR count). The summed E-state index contributed by atoms with van der Waals surface area (Å²) in [4.78, 5) is 33.3. The molecule has 4 aromatic rings. The third-order valence-electron chi connectivity index (χ3n) is 7.14. The molecule has 1 atom stereocenters. The van der Waals surface area contributed by atoms with Crippen molar-refractivity contribution in [3.05, 3.63) is 99.1 Å². The second-order valence-corrected chi connectivity index (χ2v) is 10.5. The highest BCUT2D eigenvalue weighted by molar-refractivity contribution is 6.25. The zero-order chi connectivity index (χ0) is 33.2. The number of hydrogen-bond donors (Lipinski definition) is 1. The van der Waals surface area contributed by atoms with E-state index in [9.17, 15) is 44.7 Å². The number of carbonyl (C=O) groups excluding carboxylic acids is 1. The van der Waals surface area contributed by atoms with E-state index in [2.05, 4.69) is 14.7 Å². The van der Waals surface area contributed by atoms with Gasteiger partial charge >= 0.3 is 18.3 Å². The Bertz CT molecular complexity index is 1970. The van der Waals surface area contributed by atoms with Crippen LogP contribution in [0, 0.1) is 0 Å². The summed E-state index contributed by atoms with van der Waals surface area (Å²) in [6, 6.07) is 10.8. The average molecular weight is 653 g/mol. The minimum atomic E-state index is -5.36. The van der Waals surface area contributed by atoms with Gasteiger partial charge in [-0.3, -0.25) is 14.8 Å². The van der Waals surface area contributed by atoms with Gasteiger partial charge < -0.3 is 18.8 Å². The number of ether oxygens (including phenoxy) is 2. The van der Waals surface area contributed by atoms with Gasteiger partial charge in [-0.05, 0) is 48.0 Å². The van der Waals surface area contributed by atoms with Crippen molar-refractivity contribution in [1.29, 1.82) is 0 Å². The summed E-state index contributed by atoms with van der Waals surface area (Å²) in [5.41, 5.74) is 0.184. The van der Waals surface area contributed by atoms with Gasteiger partial charge in [0, 0.05) is 23.6 Å². The number of carbonyl (C=O) groups is 1. The van der Waals surface area contributed by atoms with Gasteiger partial charge in [-0.2, -0.15) is 13.2 Å². The molecular weight excluding hydrogens is 634 g/mol. The Balaban J connectivity index is 1.35. The highest BCUT2D eigenvalue weighted by Gasteiger charge is 2.47. The molecule has 0 spiro atoms. The Labute approximate surface area is 252 Å². The van der Waals surface area contributed by atoms with Crippen LogP contribution in [0.4, 0.5) is 35.1 Å². The molecule has 3 heterocycles. The number of oxazole rings is 1. The molecule has 3 aromatic carbocycles. The van der Waals surface area contributed by atoms with Crippen LogP contribution in [-0.2, 0) is 11.0 Å². The van der Waals surface area contributed by atoms with Crippen LogP contribution in [0.5, 0.6) is 17.2 Å². The molecule has 1 N–H and O–H groups in total. The van der Waals surface area contributed by atoms with E-state index in [1.54, 1.807) is 18.2 Å². The lowest BCUT2D eigenvalue weighted by Gasteiger charge is -2.30. The third-order valence-corrected chi connectivity index (χ3v) is 7.14. The fourth-order valence-corrected chi connectivity index (χ4v) is 5.46. The number of nitrogens with zero attached hydrogens (tertiary/aromatic N) is 2. The lowest BCUT2D eigenvalue weighted by molar-refractivity contribution is -0.276. The molecule has 8 nitrogen and oxygen atoms in total. The van der Waals surface area contributed by atoms with Crippen molar-refractivity contribution < 1.29 is 53.8 Å². The van der Waals surface area contributed by atoms with Gasteiger partial charge in [0.05, 0.1) is 30.4 Å². The van der Waals surface area contributed by atoms with Crippen molar-refractivity contribution in [2.45, 2.75) is 31.4 Å². The second kappa shape index (κ2) is 10.7. The Morgan fingerprint density at radius 2 is 1.65 bits per heavy atom. The Hall–Kier alpha value is -5.15. The van der Waals surface area contributed by atoms with Crippen molar-refractivity contribution in [3.8, 4) is 17.2 Å². The van der Waals surface area contributed by atoms with Crippen LogP contribution in [0.3, 0.4) is 0 Å². The van der Waals surface area contributed by atoms with Crippen molar-refractivity contribution in [2.24, 2.45) is 4.99 Å². The molecule has 240 valence electrons. The molecule has 2 aliphatic heterocycles. The first-order chi connectivity index (χ1) is 21.5. The predicted octanol–water partition coefficient (Wildman–Crippen LogP) is 7.17. The van der Waals surface area contributed by atoms with Crippen molar-refractivity contribution in [2.75, 3.05) is 13.1 Å². The van der Waals surface area contributed by atoms with E-state index in [0.717, 1.165) is 11.0 Å². The Kier molecular flexibility index (Phi) is 7.20. The molecule has 1 amide bonds. The number of hydrogen-bond acceptors (Lipinski definition) is 6. The predicted molar refractivity (Wildman–Crippen MR) is 145 cm³/mol. The normalized spacial score (nSPS) is 17.2. The highest BCUT2D eigenvalue weighted by atomic mass is 19.4. The maximum atomic E-state index is 14.3. The molecule has 0 aliphatic carbocycles. The van der Waals surface area contributed by atoms with E-state index in [-0.39, 0.29) is 29.2 Å². The number of benzene rings is 3. The van der Waals surface area contributed by atoms with Crippen molar-refractivity contribution in [3.63, 3.8) is 0 Å². The summed E-state index contributed by atoms with van der Waals surface area (Å²) < 4.78 is 121. The molecule has 0 radical (unpaired) electrons. The van der Waals surface area contributed by atoms with E-state index in [1.165, 1.54) is 24.3 Å². The summed E-state index contributed by atoms with van der Waals surface area (Å²) in [7, 11) is 0. The number of amides is 1. The summed E-state index contributed by atoms with van der Waals surface area (Å²) in [6.45, 7) is -0.416. The quantitative estimate of drug-likeness (QED) is 0.214. The van der Waals surface area contributed by atoms with E-state index < -0.39 is 59.8 Å². The number of rotatable bonds is 7. The van der Waals surface area contributed by atoms with E-state index in [0.29, 0.717) is 41.3 Å². The maximum absolute atomic E-state index is 14.3. The smallest absolute Gasteiger partial charge is 0.457 e. The van der Waals surface area contributed by atoms with Gasteiger partial charge in [0.15, 0.2) is 5.58 Å². The van der Waals surface area contributed by atoms with Gasteiger partial charge in [0.2, 0.25) is 0 Å². The molecule has 16 heteroatoms. The van der Waals surface area contributed by atoms with Crippen LogP contribution in [0.1, 0.15) is 29.7 Å². The van der Waals surface area contributed by atoms with Gasteiger partial charge in [-0.1, -0.05) is 18.2 Å². The van der Waals surface area contributed by atoms with Crippen LogP contribution in [0.25, 0.3) is 11.1 Å². The van der Waals surface area contributed by atoms with Crippen molar-refractivity contribution >= 4 is 22.7 Å². The van der Waals surface area contributed by atoms with Crippen molar-refractivity contribution in [1.82, 2.24) is 9.88 Å². The van der Waals surface area contributed by atoms with Crippen LogP contribution in [0.15, 0.2) is 86.0 Å².